The summed E-state index contributed by atoms with van der Waals surface area (Å²) in [6.07, 6.45) is 2.17. The lowest BCUT2D eigenvalue weighted by atomic mass is 9.92. The molecule has 0 amide bonds. The average Bonchev–Trinajstić information content (AvgIpc) is 2.78. The molecule has 2 rings (SSSR count). The molecule has 0 aromatic heterocycles. The maximum Gasteiger partial charge on any atom is 0.324 e. The Labute approximate surface area is 113 Å². The predicted molar refractivity (Wildman–Crippen MR) is 73.1 cm³/mol. The number of carbonyl (C=O) groups is 1. The summed E-state index contributed by atoms with van der Waals surface area (Å²) in [5, 5.41) is 19.4. The van der Waals surface area contributed by atoms with Crippen LogP contribution in [0.1, 0.15) is 37.3 Å². The van der Waals surface area contributed by atoms with Gasteiger partial charge in [0.2, 0.25) is 0 Å². The topological polar surface area (TPSA) is 60.8 Å². The van der Waals surface area contributed by atoms with Crippen LogP contribution in [0.5, 0.6) is 5.75 Å². The van der Waals surface area contributed by atoms with Crippen molar-refractivity contribution in [2.75, 3.05) is 6.54 Å². The molecule has 1 unspecified atom stereocenters. The Kier molecular flexibility index (Phi) is 3.80. The Morgan fingerprint density at radius 2 is 2.21 bits per heavy atom. The van der Waals surface area contributed by atoms with Crippen molar-refractivity contribution in [1.29, 1.82) is 0 Å². The van der Waals surface area contributed by atoms with Crippen molar-refractivity contribution in [3.8, 4) is 5.75 Å². The van der Waals surface area contributed by atoms with Crippen LogP contribution in [0.3, 0.4) is 0 Å². The molecular formula is C15H21NO3. The fourth-order valence-electron chi connectivity index (χ4n) is 3.01. The van der Waals surface area contributed by atoms with Crippen molar-refractivity contribution >= 4 is 5.97 Å². The SMILES string of the molecule is CCC1(C(=O)O)CCCN1Cc1cc(C)ccc1O. The summed E-state index contributed by atoms with van der Waals surface area (Å²) in [7, 11) is 0. The molecular weight excluding hydrogens is 242 g/mol. The summed E-state index contributed by atoms with van der Waals surface area (Å²) in [4.78, 5) is 13.6. The van der Waals surface area contributed by atoms with Crippen LogP contribution in [-0.4, -0.2) is 33.2 Å². The van der Waals surface area contributed by atoms with Crippen LogP contribution in [0.2, 0.25) is 0 Å². The summed E-state index contributed by atoms with van der Waals surface area (Å²) < 4.78 is 0. The smallest absolute Gasteiger partial charge is 0.324 e. The van der Waals surface area contributed by atoms with Gasteiger partial charge in [-0.15, -0.1) is 0 Å². The first-order valence-corrected chi connectivity index (χ1v) is 6.76. The first-order chi connectivity index (χ1) is 8.99. The van der Waals surface area contributed by atoms with E-state index in [9.17, 15) is 15.0 Å². The fraction of sp³-hybridized carbons (Fsp3) is 0.533. The van der Waals surface area contributed by atoms with Crippen molar-refractivity contribution in [2.24, 2.45) is 0 Å². The third-order valence-corrected chi connectivity index (χ3v) is 4.20. The molecule has 1 aliphatic rings. The van der Waals surface area contributed by atoms with Gasteiger partial charge in [0.25, 0.3) is 0 Å². The van der Waals surface area contributed by atoms with Crippen LogP contribution < -0.4 is 0 Å². The van der Waals surface area contributed by atoms with Gasteiger partial charge >= 0.3 is 5.97 Å². The number of aliphatic carboxylic acids is 1. The standard InChI is InChI=1S/C15H21NO3/c1-3-15(14(18)19)7-4-8-16(15)10-12-9-11(2)5-6-13(12)17/h5-6,9,17H,3-4,7-8,10H2,1-2H3,(H,18,19). The molecule has 0 saturated carbocycles. The van der Waals surface area contributed by atoms with Gasteiger partial charge in [0, 0.05) is 12.1 Å². The van der Waals surface area contributed by atoms with Gasteiger partial charge < -0.3 is 10.2 Å². The summed E-state index contributed by atoms with van der Waals surface area (Å²) in [6, 6.07) is 5.46. The number of phenols is 1. The molecule has 19 heavy (non-hydrogen) atoms. The number of nitrogens with zero attached hydrogens (tertiary/aromatic N) is 1. The predicted octanol–water partition coefficient (Wildman–Crippen LogP) is 2.53. The molecule has 0 radical (unpaired) electrons. The average molecular weight is 263 g/mol. The van der Waals surface area contributed by atoms with E-state index in [1.807, 2.05) is 30.9 Å². The second-order valence-electron chi connectivity index (χ2n) is 5.35. The zero-order chi connectivity index (χ0) is 14.0. The first-order valence-electron chi connectivity index (χ1n) is 6.76. The molecule has 1 fully saturated rings. The number of hydrogen-bond acceptors (Lipinski definition) is 3. The zero-order valence-electron chi connectivity index (χ0n) is 11.5. The van der Waals surface area contributed by atoms with Gasteiger partial charge in [-0.1, -0.05) is 24.6 Å². The van der Waals surface area contributed by atoms with Crippen molar-refractivity contribution in [3.05, 3.63) is 29.3 Å². The minimum absolute atomic E-state index is 0.243. The fourth-order valence-corrected chi connectivity index (χ4v) is 3.01. The Morgan fingerprint density at radius 1 is 1.47 bits per heavy atom. The number of phenolic OH excluding ortho intramolecular Hbond substituents is 1. The number of carboxylic acids is 1. The lowest BCUT2D eigenvalue weighted by Gasteiger charge is -2.34. The van der Waals surface area contributed by atoms with Gasteiger partial charge in [-0.05, 0) is 38.8 Å². The summed E-state index contributed by atoms with van der Waals surface area (Å²) >= 11 is 0. The number of carboxylic acid groups (broad SMARTS) is 1. The second-order valence-corrected chi connectivity index (χ2v) is 5.35. The van der Waals surface area contributed by atoms with E-state index in [2.05, 4.69) is 0 Å². The van der Waals surface area contributed by atoms with E-state index in [0.717, 1.165) is 24.1 Å². The summed E-state index contributed by atoms with van der Waals surface area (Å²) in [6.45, 7) is 5.15. The molecule has 0 bridgehead atoms. The maximum absolute atomic E-state index is 11.6. The Hall–Kier alpha value is -1.55. The van der Waals surface area contributed by atoms with Gasteiger partial charge in [-0.2, -0.15) is 0 Å². The monoisotopic (exact) mass is 263 g/mol. The van der Waals surface area contributed by atoms with E-state index in [1.54, 1.807) is 6.07 Å². The molecule has 1 aliphatic heterocycles. The van der Waals surface area contributed by atoms with Crippen LogP contribution in [0.25, 0.3) is 0 Å². The molecule has 1 atom stereocenters. The third kappa shape index (κ3) is 2.45. The van der Waals surface area contributed by atoms with Gasteiger partial charge in [0.05, 0.1) is 0 Å². The highest BCUT2D eigenvalue weighted by Gasteiger charge is 2.46. The molecule has 4 nitrogen and oxygen atoms in total. The first kappa shape index (κ1) is 13.9. The van der Waals surface area contributed by atoms with E-state index in [0.29, 0.717) is 19.4 Å². The number of aromatic hydroxyl groups is 1. The number of hydrogen-bond donors (Lipinski definition) is 2. The Balaban J connectivity index is 2.27. The minimum atomic E-state index is -0.768. The maximum atomic E-state index is 11.6. The van der Waals surface area contributed by atoms with Crippen molar-refractivity contribution < 1.29 is 15.0 Å². The van der Waals surface area contributed by atoms with Gasteiger partial charge in [-0.3, -0.25) is 9.69 Å². The normalized spacial score (nSPS) is 23.7. The number of rotatable bonds is 4. The van der Waals surface area contributed by atoms with Crippen LogP contribution in [-0.2, 0) is 11.3 Å². The molecule has 0 spiro atoms. The lowest BCUT2D eigenvalue weighted by Crippen LogP contribution is -2.49. The van der Waals surface area contributed by atoms with E-state index in [1.165, 1.54) is 0 Å². The molecule has 1 aromatic rings. The number of aryl methyl sites for hydroxylation is 1. The largest absolute Gasteiger partial charge is 0.508 e. The van der Waals surface area contributed by atoms with Gasteiger partial charge in [0.15, 0.2) is 0 Å². The van der Waals surface area contributed by atoms with E-state index >= 15 is 0 Å². The van der Waals surface area contributed by atoms with E-state index in [-0.39, 0.29) is 5.75 Å². The second kappa shape index (κ2) is 5.21. The van der Waals surface area contributed by atoms with Gasteiger partial charge in [0.1, 0.15) is 11.3 Å². The minimum Gasteiger partial charge on any atom is -0.508 e. The molecule has 0 aliphatic carbocycles. The molecule has 2 N–H and O–H groups in total. The number of likely N-dealkylation sites (tertiary alicyclic amines) is 1. The number of benzene rings is 1. The highest BCUT2D eigenvalue weighted by Crippen LogP contribution is 2.35. The Morgan fingerprint density at radius 3 is 2.84 bits per heavy atom. The summed E-state index contributed by atoms with van der Waals surface area (Å²) in [5.41, 5.74) is 1.11. The zero-order valence-corrected chi connectivity index (χ0v) is 11.5. The van der Waals surface area contributed by atoms with Gasteiger partial charge in [-0.25, -0.2) is 0 Å². The van der Waals surface area contributed by atoms with Crippen molar-refractivity contribution in [3.63, 3.8) is 0 Å². The van der Waals surface area contributed by atoms with Crippen LogP contribution in [0.4, 0.5) is 0 Å². The van der Waals surface area contributed by atoms with Crippen molar-refractivity contribution in [2.45, 2.75) is 45.2 Å². The Bertz CT molecular complexity index is 486. The third-order valence-electron chi connectivity index (χ3n) is 4.20. The van der Waals surface area contributed by atoms with Crippen molar-refractivity contribution in [1.82, 2.24) is 4.90 Å². The quantitative estimate of drug-likeness (QED) is 0.876. The van der Waals surface area contributed by atoms with Crippen LogP contribution in [0, 0.1) is 6.92 Å². The van der Waals surface area contributed by atoms with E-state index in [4.69, 9.17) is 0 Å². The highest BCUT2D eigenvalue weighted by atomic mass is 16.4. The molecule has 1 aromatic carbocycles. The highest BCUT2D eigenvalue weighted by molar-refractivity contribution is 5.79. The molecule has 4 heteroatoms. The van der Waals surface area contributed by atoms with Crippen LogP contribution >= 0.6 is 0 Å². The lowest BCUT2D eigenvalue weighted by molar-refractivity contribution is -0.150. The summed E-state index contributed by atoms with van der Waals surface area (Å²) in [5.74, 6) is -0.507. The molecule has 1 heterocycles. The molecule has 1 saturated heterocycles. The van der Waals surface area contributed by atoms with Crippen LogP contribution in [0.15, 0.2) is 18.2 Å². The molecule has 104 valence electrons. The van der Waals surface area contributed by atoms with E-state index < -0.39 is 11.5 Å².